The maximum Gasteiger partial charge on any atom is 0.262 e. The van der Waals surface area contributed by atoms with Crippen LogP contribution in [0.2, 0.25) is 5.02 Å². The molecule has 3 unspecified atom stereocenters. The molecule has 6 aliphatic rings. The predicted molar refractivity (Wildman–Crippen MR) is 222 cm³/mol. The highest BCUT2D eigenvalue weighted by atomic mass is 35.5. The van der Waals surface area contributed by atoms with Gasteiger partial charge in [-0.05, 0) is 98.0 Å². The topological polar surface area (TPSA) is 127 Å². The molecule has 3 aromatic rings. The molecular formula is C45H48ClN7O6. The van der Waals surface area contributed by atoms with E-state index >= 15 is 0 Å². The minimum absolute atomic E-state index is 0.0114. The van der Waals surface area contributed by atoms with Gasteiger partial charge in [0.1, 0.15) is 17.9 Å². The summed E-state index contributed by atoms with van der Waals surface area (Å²) in [4.78, 5) is 77.8. The SMILES string of the molecule is [C-]#[N+]c1ccc(OC2CCN(C(=O)c3ccc(N4CC5CN(CC6CCN(c7ccc8c(c7)C(=O)N(C7CCC(=O)NC7=O)C8=O)CC6)CC5C4)cc3)CC2)c(C)c1Cl. The first-order valence-electron chi connectivity index (χ1n) is 20.8. The van der Waals surface area contributed by atoms with Gasteiger partial charge in [0, 0.05) is 95.1 Å². The molecular weight excluding hydrogens is 770 g/mol. The lowest BCUT2D eigenvalue weighted by Crippen LogP contribution is -2.54. The van der Waals surface area contributed by atoms with Crippen LogP contribution in [0.5, 0.6) is 5.75 Å². The highest BCUT2D eigenvalue weighted by Crippen LogP contribution is 2.38. The molecule has 13 nitrogen and oxygen atoms in total. The van der Waals surface area contributed by atoms with Crippen molar-refractivity contribution in [3.8, 4) is 5.75 Å². The Bertz CT molecular complexity index is 2230. The molecule has 0 aromatic heterocycles. The van der Waals surface area contributed by atoms with Crippen molar-refractivity contribution < 1.29 is 28.7 Å². The van der Waals surface area contributed by atoms with Crippen LogP contribution in [-0.2, 0) is 9.59 Å². The van der Waals surface area contributed by atoms with Gasteiger partial charge in [0.25, 0.3) is 17.7 Å². The Morgan fingerprint density at radius 3 is 2.17 bits per heavy atom. The highest BCUT2D eigenvalue weighted by molar-refractivity contribution is 6.34. The molecule has 0 radical (unpaired) electrons. The number of nitrogens with one attached hydrogen (secondary N) is 1. The van der Waals surface area contributed by atoms with Crippen molar-refractivity contribution in [1.29, 1.82) is 0 Å². The third-order valence-electron chi connectivity index (χ3n) is 13.4. The predicted octanol–water partition coefficient (Wildman–Crippen LogP) is 5.57. The number of imide groups is 2. The van der Waals surface area contributed by atoms with E-state index < -0.39 is 23.8 Å². The van der Waals surface area contributed by atoms with Crippen molar-refractivity contribution in [2.24, 2.45) is 17.8 Å². The fraction of sp³-hybridized carbons (Fsp3) is 0.467. The minimum atomic E-state index is -0.964. The molecule has 5 amide bonds. The van der Waals surface area contributed by atoms with Crippen molar-refractivity contribution in [3.63, 3.8) is 0 Å². The van der Waals surface area contributed by atoms with E-state index in [-0.39, 0.29) is 30.8 Å². The van der Waals surface area contributed by atoms with Gasteiger partial charge in [-0.15, -0.1) is 0 Å². The van der Waals surface area contributed by atoms with E-state index in [4.69, 9.17) is 22.9 Å². The lowest BCUT2D eigenvalue weighted by Gasteiger charge is -2.35. The smallest absolute Gasteiger partial charge is 0.262 e. The number of fused-ring (bicyclic) bond motifs is 2. The van der Waals surface area contributed by atoms with Gasteiger partial charge in [0.2, 0.25) is 17.5 Å². The Morgan fingerprint density at radius 2 is 1.49 bits per heavy atom. The lowest BCUT2D eigenvalue weighted by atomic mass is 9.95. The molecule has 0 spiro atoms. The van der Waals surface area contributed by atoms with Crippen LogP contribution in [0.3, 0.4) is 0 Å². The molecule has 306 valence electrons. The van der Waals surface area contributed by atoms with Gasteiger partial charge < -0.3 is 24.3 Å². The van der Waals surface area contributed by atoms with E-state index in [9.17, 15) is 24.0 Å². The van der Waals surface area contributed by atoms with Crippen LogP contribution in [0.1, 0.15) is 75.2 Å². The van der Waals surface area contributed by atoms with E-state index in [1.54, 1.807) is 18.2 Å². The largest absolute Gasteiger partial charge is 0.490 e. The second kappa shape index (κ2) is 16.0. The molecule has 5 saturated heterocycles. The highest BCUT2D eigenvalue weighted by Gasteiger charge is 2.45. The molecule has 6 heterocycles. The molecule has 0 aliphatic carbocycles. The summed E-state index contributed by atoms with van der Waals surface area (Å²) in [6.07, 6.45) is 3.80. The fourth-order valence-electron chi connectivity index (χ4n) is 10.1. The summed E-state index contributed by atoms with van der Waals surface area (Å²) < 4.78 is 6.24. The number of halogens is 1. The summed E-state index contributed by atoms with van der Waals surface area (Å²) in [5.41, 5.74) is 4.61. The number of amides is 5. The van der Waals surface area contributed by atoms with Gasteiger partial charge in [0.05, 0.1) is 22.7 Å². The van der Waals surface area contributed by atoms with Crippen LogP contribution in [0.25, 0.3) is 4.85 Å². The van der Waals surface area contributed by atoms with Gasteiger partial charge in [0.15, 0.2) is 0 Å². The Morgan fingerprint density at radius 1 is 0.814 bits per heavy atom. The number of rotatable bonds is 8. The fourth-order valence-corrected chi connectivity index (χ4v) is 10.3. The summed E-state index contributed by atoms with van der Waals surface area (Å²) in [5.74, 6) is 0.644. The lowest BCUT2D eigenvalue weighted by molar-refractivity contribution is -0.136. The zero-order chi connectivity index (χ0) is 40.9. The van der Waals surface area contributed by atoms with Crippen molar-refractivity contribution >= 4 is 58.2 Å². The number of piperidine rings is 3. The summed E-state index contributed by atoms with van der Waals surface area (Å²) in [5, 5.41) is 2.68. The zero-order valence-electron chi connectivity index (χ0n) is 33.2. The van der Waals surface area contributed by atoms with Crippen molar-refractivity contribution in [1.82, 2.24) is 20.0 Å². The van der Waals surface area contributed by atoms with Crippen LogP contribution in [0.15, 0.2) is 54.6 Å². The molecule has 59 heavy (non-hydrogen) atoms. The maximum atomic E-state index is 13.4. The number of nitrogens with zero attached hydrogens (tertiary/aromatic N) is 6. The number of carbonyl (C=O) groups is 5. The van der Waals surface area contributed by atoms with E-state index in [1.165, 1.54) is 5.69 Å². The molecule has 14 heteroatoms. The van der Waals surface area contributed by atoms with Crippen LogP contribution in [-0.4, -0.2) is 115 Å². The molecule has 0 bridgehead atoms. The maximum absolute atomic E-state index is 13.4. The van der Waals surface area contributed by atoms with Crippen molar-refractivity contribution in [2.45, 2.75) is 57.6 Å². The first-order valence-corrected chi connectivity index (χ1v) is 21.2. The van der Waals surface area contributed by atoms with Gasteiger partial charge in [-0.1, -0.05) is 17.7 Å². The van der Waals surface area contributed by atoms with Crippen molar-refractivity contribution in [2.75, 3.05) is 68.7 Å². The Hall–Kier alpha value is -5.45. The summed E-state index contributed by atoms with van der Waals surface area (Å²) in [6.45, 7) is 17.4. The zero-order valence-corrected chi connectivity index (χ0v) is 34.0. The number of likely N-dealkylation sites (tertiary alicyclic amines) is 2. The first kappa shape index (κ1) is 39.0. The van der Waals surface area contributed by atoms with Crippen LogP contribution in [0.4, 0.5) is 17.1 Å². The number of carbonyl (C=O) groups excluding carboxylic acids is 5. The van der Waals surface area contributed by atoms with Crippen LogP contribution in [0, 0.1) is 31.2 Å². The summed E-state index contributed by atoms with van der Waals surface area (Å²) >= 11 is 6.34. The second-order valence-corrected chi connectivity index (χ2v) is 17.4. The standard InChI is InChI=1S/C45H48ClN7O6/c1-27-39(11-9-37(47-2)41(27)46)59-34-15-19-51(20-16-34)43(56)29-3-5-32(6-4-29)52-25-30-23-49(24-31(30)26-52)22-28-13-17-50(18-14-28)33-7-8-35-36(21-33)45(58)53(44(35)57)38-10-12-40(54)48-42(38)55/h3-9,11,21,28,30-31,34,38H,10,12-20,22-26H2,1H3,(H,48,54,55). The van der Waals surface area contributed by atoms with E-state index in [2.05, 4.69) is 37.0 Å². The normalized spacial score (nSPS) is 24.1. The second-order valence-electron chi connectivity index (χ2n) is 17.0. The Kier molecular flexibility index (Phi) is 10.6. The summed E-state index contributed by atoms with van der Waals surface area (Å²) in [6, 6.07) is 16.0. The number of anilines is 2. The van der Waals surface area contributed by atoms with E-state index in [1.807, 2.05) is 36.1 Å². The van der Waals surface area contributed by atoms with Gasteiger partial charge in [-0.25, -0.2) is 4.85 Å². The van der Waals surface area contributed by atoms with Crippen LogP contribution < -0.4 is 19.9 Å². The Balaban J connectivity index is 0.715. The van der Waals surface area contributed by atoms with E-state index in [0.29, 0.717) is 64.0 Å². The third-order valence-corrected chi connectivity index (χ3v) is 13.9. The average molecular weight is 818 g/mol. The Labute approximate surface area is 349 Å². The average Bonchev–Trinajstić information content (AvgIpc) is 3.89. The molecule has 1 N–H and O–H groups in total. The number of benzene rings is 3. The molecule has 3 aromatic carbocycles. The monoisotopic (exact) mass is 817 g/mol. The minimum Gasteiger partial charge on any atom is -0.490 e. The quantitative estimate of drug-likeness (QED) is 0.230. The van der Waals surface area contributed by atoms with Crippen molar-refractivity contribution in [3.05, 3.63) is 93.3 Å². The number of hydrogen-bond donors (Lipinski definition) is 1. The number of hydrogen-bond acceptors (Lipinski definition) is 9. The molecule has 0 saturated carbocycles. The third kappa shape index (κ3) is 7.53. The van der Waals surface area contributed by atoms with E-state index in [0.717, 1.165) is 87.6 Å². The molecule has 6 aliphatic heterocycles. The van der Waals surface area contributed by atoms with Gasteiger partial charge in [-0.2, -0.15) is 0 Å². The number of ether oxygens (including phenoxy) is 1. The first-order chi connectivity index (χ1) is 28.5. The van der Waals surface area contributed by atoms with Gasteiger partial charge >= 0.3 is 0 Å². The van der Waals surface area contributed by atoms with Crippen LogP contribution >= 0.6 is 11.6 Å². The molecule has 3 atom stereocenters. The molecule has 9 rings (SSSR count). The molecule has 5 fully saturated rings. The summed E-state index contributed by atoms with van der Waals surface area (Å²) in [7, 11) is 0. The van der Waals surface area contributed by atoms with Gasteiger partial charge in [-0.3, -0.25) is 34.2 Å².